The molecule has 7 nitrogen and oxygen atoms in total. The summed E-state index contributed by atoms with van der Waals surface area (Å²) < 4.78 is 32.4. The highest BCUT2D eigenvalue weighted by molar-refractivity contribution is 7.86. The lowest BCUT2D eigenvalue weighted by atomic mass is 9.93. The van der Waals surface area contributed by atoms with Gasteiger partial charge < -0.3 is 10.1 Å². The maximum Gasteiger partial charge on any atom is 0.281 e. The zero-order valence-electron chi connectivity index (χ0n) is 11.5. The molecule has 0 aromatic rings. The molecule has 2 fully saturated rings. The van der Waals surface area contributed by atoms with E-state index in [2.05, 4.69) is 5.32 Å². The van der Waals surface area contributed by atoms with Crippen molar-refractivity contribution in [1.29, 1.82) is 0 Å². The van der Waals surface area contributed by atoms with Crippen LogP contribution in [0.2, 0.25) is 0 Å². The molecule has 8 heteroatoms. The molecule has 2 heterocycles. The number of fused-ring (bicyclic) bond motifs is 1. The fourth-order valence-electron chi connectivity index (χ4n) is 2.67. The molecule has 1 amide bonds. The first-order valence-electron chi connectivity index (χ1n) is 6.41. The number of piperidine rings is 1. The quantitative estimate of drug-likeness (QED) is 0.725. The molecule has 0 radical (unpaired) electrons. The van der Waals surface area contributed by atoms with Gasteiger partial charge in [-0.15, -0.1) is 0 Å². The van der Waals surface area contributed by atoms with E-state index in [1.54, 1.807) is 7.05 Å². The molecule has 0 aromatic heterocycles. The lowest BCUT2D eigenvalue weighted by Crippen LogP contribution is -2.49. The maximum absolute atomic E-state index is 12.1. The number of likely N-dealkylation sites (N-methyl/N-ethyl adjacent to an activating group) is 1. The normalized spacial score (nSPS) is 32.3. The number of rotatable bonds is 3. The topological polar surface area (TPSA) is 79.0 Å². The van der Waals surface area contributed by atoms with Gasteiger partial charge in [0.25, 0.3) is 10.2 Å². The van der Waals surface area contributed by atoms with Crippen LogP contribution in [-0.4, -0.2) is 69.4 Å². The zero-order valence-corrected chi connectivity index (χ0v) is 12.3. The third-order valence-corrected chi connectivity index (χ3v) is 5.75. The third kappa shape index (κ3) is 2.76. The van der Waals surface area contributed by atoms with Crippen molar-refractivity contribution in [2.75, 3.05) is 34.2 Å². The van der Waals surface area contributed by atoms with Gasteiger partial charge in [-0.3, -0.25) is 4.79 Å². The second kappa shape index (κ2) is 5.35. The molecule has 0 aromatic carbocycles. The minimum Gasteiger partial charge on any atom is -0.363 e. The number of nitrogens with one attached hydrogen (secondary N) is 1. The Bertz CT molecular complexity index is 451. The number of carbonyl (C=O) groups excluding carboxylic acids is 1. The van der Waals surface area contributed by atoms with Gasteiger partial charge in [0.2, 0.25) is 5.91 Å². The van der Waals surface area contributed by atoms with Crippen LogP contribution in [0.15, 0.2) is 0 Å². The van der Waals surface area contributed by atoms with Gasteiger partial charge in [0.15, 0.2) is 0 Å². The van der Waals surface area contributed by atoms with E-state index in [1.807, 2.05) is 0 Å². The number of hydrogen-bond donors (Lipinski definition) is 1. The Morgan fingerprint density at radius 2 is 2.11 bits per heavy atom. The minimum atomic E-state index is -3.40. The van der Waals surface area contributed by atoms with Gasteiger partial charge in [-0.25, -0.2) is 0 Å². The predicted molar refractivity (Wildman–Crippen MR) is 69.6 cm³/mol. The van der Waals surface area contributed by atoms with E-state index in [4.69, 9.17) is 4.74 Å². The zero-order chi connectivity index (χ0) is 14.2. The van der Waals surface area contributed by atoms with Crippen molar-refractivity contribution in [1.82, 2.24) is 13.9 Å². The molecule has 2 rings (SSSR count). The van der Waals surface area contributed by atoms with Crippen molar-refractivity contribution in [3.63, 3.8) is 0 Å². The van der Waals surface area contributed by atoms with Crippen molar-refractivity contribution < 1.29 is 17.9 Å². The van der Waals surface area contributed by atoms with Crippen molar-refractivity contribution >= 4 is 16.1 Å². The Kier molecular flexibility index (Phi) is 4.14. The average molecular weight is 291 g/mol. The van der Waals surface area contributed by atoms with Crippen LogP contribution in [0.25, 0.3) is 0 Å². The van der Waals surface area contributed by atoms with Gasteiger partial charge in [0, 0.05) is 34.2 Å². The van der Waals surface area contributed by atoms with E-state index in [0.29, 0.717) is 19.5 Å². The number of ether oxygens (including phenoxy) is 1. The van der Waals surface area contributed by atoms with E-state index in [9.17, 15) is 13.2 Å². The summed E-state index contributed by atoms with van der Waals surface area (Å²) >= 11 is 0. The molecule has 3 atom stereocenters. The Morgan fingerprint density at radius 3 is 2.68 bits per heavy atom. The average Bonchev–Trinajstić information content (AvgIpc) is 2.80. The molecule has 0 saturated carbocycles. The Labute approximate surface area is 114 Å². The van der Waals surface area contributed by atoms with Gasteiger partial charge >= 0.3 is 0 Å². The summed E-state index contributed by atoms with van der Waals surface area (Å²) in [6.07, 6.45) is 0.804. The molecule has 110 valence electrons. The summed E-state index contributed by atoms with van der Waals surface area (Å²) in [7, 11) is 1.22. The summed E-state index contributed by atoms with van der Waals surface area (Å²) in [5.74, 6) is 0.146. The van der Waals surface area contributed by atoms with E-state index in [-0.39, 0.29) is 17.9 Å². The van der Waals surface area contributed by atoms with Gasteiger partial charge in [0.05, 0.1) is 6.10 Å². The maximum atomic E-state index is 12.1. The summed E-state index contributed by atoms with van der Waals surface area (Å²) in [4.78, 5) is 11.6. The highest BCUT2D eigenvalue weighted by Gasteiger charge is 2.44. The fraction of sp³-hybridized carbons (Fsp3) is 0.909. The first-order valence-corrected chi connectivity index (χ1v) is 7.80. The van der Waals surface area contributed by atoms with Gasteiger partial charge in [-0.1, -0.05) is 0 Å². The van der Waals surface area contributed by atoms with Crippen molar-refractivity contribution in [2.24, 2.45) is 5.92 Å². The first-order chi connectivity index (χ1) is 8.86. The summed E-state index contributed by atoms with van der Waals surface area (Å²) in [6, 6.07) is 0. The molecule has 19 heavy (non-hydrogen) atoms. The van der Waals surface area contributed by atoms with Crippen LogP contribution in [0.5, 0.6) is 0 Å². The largest absolute Gasteiger partial charge is 0.363 e. The second-order valence-corrected chi connectivity index (χ2v) is 7.35. The molecule has 2 aliphatic heterocycles. The SMILES string of the molecule is CNC(=O)[C@@H]1C[C@H]2CCN(S(=O)(=O)N(C)C)C[C@@H]2O1. The summed E-state index contributed by atoms with van der Waals surface area (Å²) in [5.41, 5.74) is 0. The van der Waals surface area contributed by atoms with Crippen molar-refractivity contribution in [3.05, 3.63) is 0 Å². The number of amides is 1. The Balaban J connectivity index is 2.04. The van der Waals surface area contributed by atoms with Crippen LogP contribution >= 0.6 is 0 Å². The highest BCUT2D eigenvalue weighted by atomic mass is 32.2. The molecule has 0 unspecified atom stereocenters. The van der Waals surface area contributed by atoms with Crippen molar-refractivity contribution in [2.45, 2.75) is 25.0 Å². The van der Waals surface area contributed by atoms with Crippen LogP contribution in [0.4, 0.5) is 0 Å². The van der Waals surface area contributed by atoms with E-state index >= 15 is 0 Å². The molecule has 0 spiro atoms. The second-order valence-electron chi connectivity index (χ2n) is 5.21. The summed E-state index contributed by atoms with van der Waals surface area (Å²) in [5, 5.41) is 2.57. The van der Waals surface area contributed by atoms with Crippen molar-refractivity contribution in [3.8, 4) is 0 Å². The van der Waals surface area contributed by atoms with Gasteiger partial charge in [0.1, 0.15) is 6.10 Å². The van der Waals surface area contributed by atoms with Crippen LogP contribution in [-0.2, 0) is 19.7 Å². The summed E-state index contributed by atoms with van der Waals surface area (Å²) in [6.45, 7) is 0.824. The van der Waals surface area contributed by atoms with Gasteiger partial charge in [-0.05, 0) is 18.8 Å². The molecular formula is C11H21N3O4S. The molecule has 2 saturated heterocycles. The Morgan fingerprint density at radius 1 is 1.42 bits per heavy atom. The lowest BCUT2D eigenvalue weighted by molar-refractivity contribution is -0.131. The third-order valence-electron chi connectivity index (χ3n) is 3.84. The van der Waals surface area contributed by atoms with Crippen LogP contribution in [0, 0.1) is 5.92 Å². The predicted octanol–water partition coefficient (Wildman–Crippen LogP) is -0.982. The molecular weight excluding hydrogens is 270 g/mol. The fourth-order valence-corrected chi connectivity index (χ4v) is 3.81. The first kappa shape index (κ1) is 14.7. The molecule has 0 bridgehead atoms. The smallest absolute Gasteiger partial charge is 0.281 e. The number of hydrogen-bond acceptors (Lipinski definition) is 4. The monoisotopic (exact) mass is 291 g/mol. The highest BCUT2D eigenvalue weighted by Crippen LogP contribution is 2.34. The van der Waals surface area contributed by atoms with E-state index < -0.39 is 16.3 Å². The number of carbonyl (C=O) groups is 1. The van der Waals surface area contributed by atoms with E-state index in [1.165, 1.54) is 22.7 Å². The lowest BCUT2D eigenvalue weighted by Gasteiger charge is -2.34. The van der Waals surface area contributed by atoms with Gasteiger partial charge in [-0.2, -0.15) is 17.0 Å². The molecule has 1 N–H and O–H groups in total. The van der Waals surface area contributed by atoms with Crippen LogP contribution in [0.1, 0.15) is 12.8 Å². The van der Waals surface area contributed by atoms with Crippen LogP contribution < -0.4 is 5.32 Å². The Hall–Kier alpha value is -0.700. The van der Waals surface area contributed by atoms with Crippen LogP contribution in [0.3, 0.4) is 0 Å². The standard InChI is InChI=1S/C11H21N3O4S/c1-12-11(15)9-6-8-4-5-14(7-10(8)18-9)19(16,17)13(2)3/h8-10H,4-7H2,1-3H3,(H,12,15)/t8-,9+,10+/m1/s1. The van der Waals surface area contributed by atoms with E-state index in [0.717, 1.165) is 6.42 Å². The number of nitrogens with zero attached hydrogens (tertiary/aromatic N) is 2. The minimum absolute atomic E-state index is 0.128. The molecule has 2 aliphatic rings. The molecule has 0 aliphatic carbocycles.